The highest BCUT2D eigenvalue weighted by molar-refractivity contribution is 5.94. The molecule has 4 nitrogen and oxygen atoms in total. The molecule has 1 rings (SSSR count). The molecule has 0 aliphatic heterocycles. The second-order valence-corrected chi connectivity index (χ2v) is 4.55. The maximum Gasteiger partial charge on any atom is 0.251 e. The van der Waals surface area contributed by atoms with Gasteiger partial charge in [0.25, 0.3) is 5.91 Å². The van der Waals surface area contributed by atoms with Gasteiger partial charge in [-0.25, -0.2) is 0 Å². The zero-order valence-corrected chi connectivity index (χ0v) is 11.2. The molecule has 1 aromatic carbocycles. The van der Waals surface area contributed by atoms with Gasteiger partial charge in [0.15, 0.2) is 0 Å². The van der Waals surface area contributed by atoms with Gasteiger partial charge in [-0.2, -0.15) is 0 Å². The summed E-state index contributed by atoms with van der Waals surface area (Å²) >= 11 is 0. The minimum atomic E-state index is -0.302. The zero-order valence-electron chi connectivity index (χ0n) is 11.2. The Balaban J connectivity index is 2.80. The molecule has 0 fully saturated rings. The summed E-state index contributed by atoms with van der Waals surface area (Å²) in [5.41, 5.74) is 12.7. The summed E-state index contributed by atoms with van der Waals surface area (Å²) in [5, 5.41) is 3.04. The molecule has 0 aliphatic carbocycles. The van der Waals surface area contributed by atoms with Crippen molar-refractivity contribution in [2.45, 2.75) is 38.8 Å². The van der Waals surface area contributed by atoms with Crippen molar-refractivity contribution in [3.63, 3.8) is 0 Å². The fourth-order valence-corrected chi connectivity index (χ4v) is 1.87. The third kappa shape index (κ3) is 3.31. The molecule has 0 heterocycles. The highest BCUT2D eigenvalue weighted by Crippen LogP contribution is 2.14. The van der Waals surface area contributed by atoms with Gasteiger partial charge >= 0.3 is 0 Å². The predicted octanol–water partition coefficient (Wildman–Crippen LogP) is 1.39. The molecule has 0 bridgehead atoms. The Bertz CT molecular complexity index is 374. The van der Waals surface area contributed by atoms with Crippen molar-refractivity contribution < 1.29 is 4.79 Å². The predicted molar refractivity (Wildman–Crippen MR) is 74.2 cm³/mol. The molecule has 100 valence electrons. The molecule has 0 spiro atoms. The number of carbonyl (C=O) groups is 1. The van der Waals surface area contributed by atoms with E-state index >= 15 is 0 Å². The molecule has 1 aromatic rings. The topological polar surface area (TPSA) is 81.1 Å². The second kappa shape index (κ2) is 6.52. The second-order valence-electron chi connectivity index (χ2n) is 4.55. The monoisotopic (exact) mass is 249 g/mol. The van der Waals surface area contributed by atoms with E-state index < -0.39 is 0 Å². The molecule has 0 atom stereocenters. The summed E-state index contributed by atoms with van der Waals surface area (Å²) in [7, 11) is 0. The fraction of sp³-hybridized carbons (Fsp3) is 0.500. The Hall–Kier alpha value is -1.39. The summed E-state index contributed by atoms with van der Waals surface area (Å²) < 4.78 is 0. The minimum Gasteiger partial charge on any atom is -0.345 e. The number of amides is 1. The highest BCUT2D eigenvalue weighted by Gasteiger charge is 2.26. The molecule has 0 saturated carbocycles. The Morgan fingerprint density at radius 1 is 1.17 bits per heavy atom. The van der Waals surface area contributed by atoms with Gasteiger partial charge in [0.05, 0.1) is 5.54 Å². The van der Waals surface area contributed by atoms with E-state index in [1.807, 2.05) is 26.0 Å². The quantitative estimate of drug-likeness (QED) is 0.712. The minimum absolute atomic E-state index is 0.0762. The molecule has 0 unspecified atom stereocenters. The molecule has 5 N–H and O–H groups in total. The third-order valence-corrected chi connectivity index (χ3v) is 3.57. The third-order valence-electron chi connectivity index (χ3n) is 3.57. The number of hydrogen-bond donors (Lipinski definition) is 3. The van der Waals surface area contributed by atoms with E-state index in [2.05, 4.69) is 5.32 Å². The first-order chi connectivity index (χ1) is 8.60. The number of benzene rings is 1. The van der Waals surface area contributed by atoms with E-state index in [0.717, 1.165) is 18.4 Å². The van der Waals surface area contributed by atoms with Crippen LogP contribution in [0, 0.1) is 0 Å². The Morgan fingerprint density at radius 3 is 2.11 bits per heavy atom. The van der Waals surface area contributed by atoms with Crippen molar-refractivity contribution in [3.8, 4) is 0 Å². The lowest BCUT2D eigenvalue weighted by Gasteiger charge is -2.31. The van der Waals surface area contributed by atoms with Crippen LogP contribution in [0.2, 0.25) is 0 Å². The van der Waals surface area contributed by atoms with Gasteiger partial charge in [0.1, 0.15) is 0 Å². The first-order valence-corrected chi connectivity index (χ1v) is 6.42. The van der Waals surface area contributed by atoms with Crippen LogP contribution >= 0.6 is 0 Å². The Labute approximate surface area is 109 Å². The summed E-state index contributed by atoms with van der Waals surface area (Å²) in [4.78, 5) is 12.1. The van der Waals surface area contributed by atoms with E-state index in [1.54, 1.807) is 12.1 Å². The maximum absolute atomic E-state index is 12.1. The smallest absolute Gasteiger partial charge is 0.251 e. The van der Waals surface area contributed by atoms with Crippen molar-refractivity contribution in [1.82, 2.24) is 5.32 Å². The van der Waals surface area contributed by atoms with E-state index in [-0.39, 0.29) is 11.4 Å². The lowest BCUT2D eigenvalue weighted by Crippen LogP contribution is -2.52. The number of nitrogens with two attached hydrogens (primary N) is 2. The van der Waals surface area contributed by atoms with Crippen LogP contribution in [0.25, 0.3) is 0 Å². The van der Waals surface area contributed by atoms with Gasteiger partial charge in [-0.15, -0.1) is 0 Å². The number of hydrogen-bond acceptors (Lipinski definition) is 3. The molecule has 0 saturated heterocycles. The van der Waals surface area contributed by atoms with Crippen LogP contribution in [-0.2, 0) is 6.54 Å². The fourth-order valence-electron chi connectivity index (χ4n) is 1.87. The van der Waals surface area contributed by atoms with Crippen LogP contribution in [-0.4, -0.2) is 18.0 Å². The number of nitrogens with one attached hydrogen (secondary N) is 1. The molecule has 0 aromatic heterocycles. The van der Waals surface area contributed by atoms with Crippen molar-refractivity contribution >= 4 is 5.91 Å². The van der Waals surface area contributed by atoms with E-state index in [9.17, 15) is 4.79 Å². The molecular formula is C14H23N3O. The van der Waals surface area contributed by atoms with Gasteiger partial charge in [-0.05, 0) is 30.5 Å². The Kier molecular flexibility index (Phi) is 5.31. The molecule has 4 heteroatoms. The van der Waals surface area contributed by atoms with Gasteiger partial charge < -0.3 is 16.8 Å². The summed E-state index contributed by atoms with van der Waals surface area (Å²) in [5.74, 6) is -0.0762. The lowest BCUT2D eigenvalue weighted by molar-refractivity contribution is 0.0895. The van der Waals surface area contributed by atoms with Gasteiger partial charge in [0.2, 0.25) is 0 Å². The van der Waals surface area contributed by atoms with Crippen LogP contribution in [0.1, 0.15) is 42.6 Å². The largest absolute Gasteiger partial charge is 0.345 e. The first-order valence-electron chi connectivity index (χ1n) is 6.42. The lowest BCUT2D eigenvalue weighted by atomic mass is 9.92. The number of rotatable bonds is 6. The average Bonchev–Trinajstić information content (AvgIpc) is 2.45. The van der Waals surface area contributed by atoms with Crippen LogP contribution < -0.4 is 16.8 Å². The molecule has 1 amide bonds. The normalized spacial score (nSPS) is 11.3. The van der Waals surface area contributed by atoms with Crippen LogP contribution in [0.3, 0.4) is 0 Å². The van der Waals surface area contributed by atoms with Crippen molar-refractivity contribution in [3.05, 3.63) is 35.4 Å². The molecular weight excluding hydrogens is 226 g/mol. The molecule has 0 aliphatic rings. The first kappa shape index (κ1) is 14.7. The highest BCUT2D eigenvalue weighted by atomic mass is 16.1. The Morgan fingerprint density at radius 2 is 1.72 bits per heavy atom. The van der Waals surface area contributed by atoms with E-state index in [1.165, 1.54) is 0 Å². The molecule has 18 heavy (non-hydrogen) atoms. The molecule has 0 radical (unpaired) electrons. The summed E-state index contributed by atoms with van der Waals surface area (Å²) in [6.07, 6.45) is 1.65. The van der Waals surface area contributed by atoms with Crippen molar-refractivity contribution in [1.29, 1.82) is 0 Å². The standard InChI is InChI=1S/C14H23N3O/c1-3-14(4-2,10-16)17-13(18)12-7-5-11(9-15)6-8-12/h5-8H,3-4,9-10,15-16H2,1-2H3,(H,17,18). The van der Waals surface area contributed by atoms with Crippen molar-refractivity contribution in [2.24, 2.45) is 11.5 Å². The SMILES string of the molecule is CCC(CC)(CN)NC(=O)c1ccc(CN)cc1. The van der Waals surface area contributed by atoms with Crippen LogP contribution in [0.5, 0.6) is 0 Å². The summed E-state index contributed by atoms with van der Waals surface area (Å²) in [6, 6.07) is 7.34. The van der Waals surface area contributed by atoms with Gasteiger partial charge in [-0.1, -0.05) is 26.0 Å². The van der Waals surface area contributed by atoms with Crippen LogP contribution in [0.15, 0.2) is 24.3 Å². The van der Waals surface area contributed by atoms with Gasteiger partial charge in [-0.3, -0.25) is 4.79 Å². The maximum atomic E-state index is 12.1. The van der Waals surface area contributed by atoms with Crippen molar-refractivity contribution in [2.75, 3.05) is 6.54 Å². The van der Waals surface area contributed by atoms with E-state index in [0.29, 0.717) is 18.7 Å². The van der Waals surface area contributed by atoms with Crippen LogP contribution in [0.4, 0.5) is 0 Å². The zero-order chi connectivity index (χ0) is 13.6. The van der Waals surface area contributed by atoms with Gasteiger partial charge in [0, 0.05) is 18.7 Å². The summed E-state index contributed by atoms with van der Waals surface area (Å²) in [6.45, 7) is 5.01. The van der Waals surface area contributed by atoms with E-state index in [4.69, 9.17) is 11.5 Å². The average molecular weight is 249 g/mol. The number of carbonyl (C=O) groups excluding carboxylic acids is 1.